The van der Waals surface area contributed by atoms with Crippen LogP contribution in [0.4, 0.5) is 5.69 Å². The molecule has 1 aliphatic heterocycles. The molecule has 2 N–H and O–H groups in total. The SMILES string of the molecule is CC(C)CN1CCN(Cc2ccc(N)c(Br)c2)CC1. The van der Waals surface area contributed by atoms with E-state index in [4.69, 9.17) is 5.73 Å². The molecule has 0 saturated carbocycles. The lowest BCUT2D eigenvalue weighted by atomic mass is 10.1. The number of nitrogens with two attached hydrogens (primary N) is 1. The summed E-state index contributed by atoms with van der Waals surface area (Å²) in [4.78, 5) is 5.09. The molecule has 0 aromatic heterocycles. The Kier molecular flexibility index (Phi) is 5.25. The highest BCUT2D eigenvalue weighted by atomic mass is 79.9. The van der Waals surface area contributed by atoms with Gasteiger partial charge in [-0.15, -0.1) is 0 Å². The van der Waals surface area contributed by atoms with Crippen molar-refractivity contribution in [2.75, 3.05) is 38.5 Å². The summed E-state index contributed by atoms with van der Waals surface area (Å²) in [6.07, 6.45) is 0. The van der Waals surface area contributed by atoms with Crippen molar-refractivity contribution in [3.63, 3.8) is 0 Å². The van der Waals surface area contributed by atoms with Crippen molar-refractivity contribution in [1.82, 2.24) is 9.80 Å². The lowest BCUT2D eigenvalue weighted by Crippen LogP contribution is -2.46. The molecular weight excluding hydrogens is 302 g/mol. The second kappa shape index (κ2) is 6.73. The van der Waals surface area contributed by atoms with Crippen molar-refractivity contribution >= 4 is 21.6 Å². The van der Waals surface area contributed by atoms with Crippen LogP contribution in [0.5, 0.6) is 0 Å². The van der Waals surface area contributed by atoms with Crippen LogP contribution in [0.25, 0.3) is 0 Å². The zero-order valence-corrected chi connectivity index (χ0v) is 13.5. The molecule has 19 heavy (non-hydrogen) atoms. The first-order chi connectivity index (χ1) is 9.04. The fourth-order valence-electron chi connectivity index (χ4n) is 2.57. The minimum atomic E-state index is 0.764. The van der Waals surface area contributed by atoms with Gasteiger partial charge in [0.25, 0.3) is 0 Å². The summed E-state index contributed by atoms with van der Waals surface area (Å²) in [7, 11) is 0. The highest BCUT2D eigenvalue weighted by Gasteiger charge is 2.17. The van der Waals surface area contributed by atoms with Gasteiger partial charge in [0, 0.05) is 49.4 Å². The topological polar surface area (TPSA) is 32.5 Å². The number of halogens is 1. The molecule has 0 unspecified atom stereocenters. The molecule has 0 atom stereocenters. The van der Waals surface area contributed by atoms with Gasteiger partial charge in [-0.1, -0.05) is 19.9 Å². The van der Waals surface area contributed by atoms with E-state index in [0.29, 0.717) is 0 Å². The van der Waals surface area contributed by atoms with E-state index >= 15 is 0 Å². The minimum Gasteiger partial charge on any atom is -0.398 e. The molecular formula is C15H24BrN3. The van der Waals surface area contributed by atoms with Crippen molar-refractivity contribution in [3.8, 4) is 0 Å². The van der Waals surface area contributed by atoms with Gasteiger partial charge in [0.2, 0.25) is 0 Å². The number of hydrogen-bond acceptors (Lipinski definition) is 3. The van der Waals surface area contributed by atoms with Gasteiger partial charge >= 0.3 is 0 Å². The largest absolute Gasteiger partial charge is 0.398 e. The van der Waals surface area contributed by atoms with Gasteiger partial charge in [-0.25, -0.2) is 0 Å². The van der Waals surface area contributed by atoms with Crippen molar-refractivity contribution < 1.29 is 0 Å². The molecule has 0 spiro atoms. The zero-order chi connectivity index (χ0) is 13.8. The number of piperazine rings is 1. The summed E-state index contributed by atoms with van der Waals surface area (Å²) >= 11 is 3.50. The fraction of sp³-hybridized carbons (Fsp3) is 0.600. The van der Waals surface area contributed by atoms with Crippen LogP contribution in [-0.2, 0) is 6.54 Å². The third-order valence-corrected chi connectivity index (χ3v) is 4.25. The summed E-state index contributed by atoms with van der Waals surface area (Å²) in [5, 5.41) is 0. The molecule has 106 valence electrons. The standard InChI is InChI=1S/C15H24BrN3/c1-12(2)10-18-5-7-19(8-6-18)11-13-3-4-15(17)14(16)9-13/h3-4,9,12H,5-8,10-11,17H2,1-2H3. The molecule has 1 aromatic rings. The van der Waals surface area contributed by atoms with Crippen LogP contribution in [0.1, 0.15) is 19.4 Å². The molecule has 0 amide bonds. The van der Waals surface area contributed by atoms with Gasteiger partial charge in [0.05, 0.1) is 0 Å². The van der Waals surface area contributed by atoms with Gasteiger partial charge in [-0.05, 0) is 39.5 Å². The number of nitrogen functional groups attached to an aromatic ring is 1. The third kappa shape index (κ3) is 4.48. The first-order valence-electron chi connectivity index (χ1n) is 7.03. The van der Waals surface area contributed by atoms with Crippen LogP contribution in [0.3, 0.4) is 0 Å². The fourth-order valence-corrected chi connectivity index (χ4v) is 3.00. The van der Waals surface area contributed by atoms with Gasteiger partial charge in [-0.3, -0.25) is 4.90 Å². The van der Waals surface area contributed by atoms with E-state index in [1.807, 2.05) is 6.07 Å². The second-order valence-corrected chi connectivity index (χ2v) is 6.68. The highest BCUT2D eigenvalue weighted by molar-refractivity contribution is 9.10. The van der Waals surface area contributed by atoms with Crippen LogP contribution in [0.2, 0.25) is 0 Å². The van der Waals surface area contributed by atoms with Crippen molar-refractivity contribution in [2.24, 2.45) is 5.92 Å². The van der Waals surface area contributed by atoms with Crippen molar-refractivity contribution in [2.45, 2.75) is 20.4 Å². The number of anilines is 1. The molecule has 1 aliphatic rings. The molecule has 0 aliphatic carbocycles. The quantitative estimate of drug-likeness (QED) is 0.864. The van der Waals surface area contributed by atoms with Crippen LogP contribution >= 0.6 is 15.9 Å². The number of nitrogens with zero attached hydrogens (tertiary/aromatic N) is 2. The Morgan fingerprint density at radius 3 is 2.37 bits per heavy atom. The van der Waals surface area contributed by atoms with Crippen LogP contribution in [0.15, 0.2) is 22.7 Å². The maximum Gasteiger partial charge on any atom is 0.0458 e. The molecule has 0 radical (unpaired) electrons. The smallest absolute Gasteiger partial charge is 0.0458 e. The molecule has 0 bridgehead atoms. The summed E-state index contributed by atoms with van der Waals surface area (Å²) in [5.74, 6) is 0.764. The Hall–Kier alpha value is -0.580. The van der Waals surface area contributed by atoms with Crippen molar-refractivity contribution in [1.29, 1.82) is 0 Å². The maximum atomic E-state index is 5.82. The average Bonchev–Trinajstić information content (AvgIpc) is 2.36. The lowest BCUT2D eigenvalue weighted by Gasteiger charge is -2.35. The first-order valence-corrected chi connectivity index (χ1v) is 7.82. The van der Waals surface area contributed by atoms with Crippen molar-refractivity contribution in [3.05, 3.63) is 28.2 Å². The lowest BCUT2D eigenvalue weighted by molar-refractivity contribution is 0.117. The summed E-state index contributed by atoms with van der Waals surface area (Å²) < 4.78 is 1.00. The van der Waals surface area contributed by atoms with E-state index in [1.54, 1.807) is 0 Å². The maximum absolute atomic E-state index is 5.82. The molecule has 1 heterocycles. The number of hydrogen-bond donors (Lipinski definition) is 1. The molecule has 1 aromatic carbocycles. The molecule has 3 nitrogen and oxygen atoms in total. The predicted molar refractivity (Wildman–Crippen MR) is 85.1 cm³/mol. The summed E-state index contributed by atoms with van der Waals surface area (Å²) in [6.45, 7) is 11.5. The van der Waals surface area contributed by atoms with Gasteiger partial charge < -0.3 is 10.6 Å². The molecule has 1 saturated heterocycles. The van der Waals surface area contributed by atoms with E-state index in [2.05, 4.69) is 51.7 Å². The van der Waals surface area contributed by atoms with Gasteiger partial charge in [0.1, 0.15) is 0 Å². The zero-order valence-electron chi connectivity index (χ0n) is 11.9. The highest BCUT2D eigenvalue weighted by Crippen LogP contribution is 2.21. The normalized spacial score (nSPS) is 18.1. The van der Waals surface area contributed by atoms with Crippen LogP contribution < -0.4 is 5.73 Å². The van der Waals surface area contributed by atoms with Crippen LogP contribution in [-0.4, -0.2) is 42.5 Å². The second-order valence-electron chi connectivity index (χ2n) is 5.83. The Morgan fingerprint density at radius 1 is 1.16 bits per heavy atom. The summed E-state index contributed by atoms with van der Waals surface area (Å²) in [5.41, 5.74) is 7.96. The molecule has 2 rings (SSSR count). The first kappa shape index (κ1) is 14.8. The Labute approximate surface area is 124 Å². The van der Waals surface area contributed by atoms with E-state index in [1.165, 1.54) is 25.2 Å². The average molecular weight is 326 g/mol. The minimum absolute atomic E-state index is 0.764. The van der Waals surface area contributed by atoms with Gasteiger partial charge in [0.15, 0.2) is 0 Å². The molecule has 4 heteroatoms. The number of benzene rings is 1. The predicted octanol–water partition coefficient (Wildman–Crippen LogP) is 2.80. The van der Waals surface area contributed by atoms with E-state index in [0.717, 1.165) is 35.7 Å². The monoisotopic (exact) mass is 325 g/mol. The Morgan fingerprint density at radius 2 is 1.79 bits per heavy atom. The third-order valence-electron chi connectivity index (χ3n) is 3.56. The molecule has 1 fully saturated rings. The Balaban J connectivity index is 1.83. The Bertz CT molecular complexity index is 412. The van der Waals surface area contributed by atoms with Gasteiger partial charge in [-0.2, -0.15) is 0 Å². The summed E-state index contributed by atoms with van der Waals surface area (Å²) in [6, 6.07) is 6.24. The van der Waals surface area contributed by atoms with E-state index in [-0.39, 0.29) is 0 Å². The number of rotatable bonds is 4. The van der Waals surface area contributed by atoms with E-state index < -0.39 is 0 Å². The van der Waals surface area contributed by atoms with Crippen LogP contribution in [0, 0.1) is 5.92 Å². The van der Waals surface area contributed by atoms with E-state index in [9.17, 15) is 0 Å².